The van der Waals surface area contributed by atoms with E-state index in [1.165, 1.54) is 59.6 Å². The molecule has 0 atom stereocenters. The van der Waals surface area contributed by atoms with Crippen molar-refractivity contribution in [2.75, 3.05) is 0 Å². The van der Waals surface area contributed by atoms with Gasteiger partial charge >= 0.3 is 0 Å². The van der Waals surface area contributed by atoms with Gasteiger partial charge in [0.2, 0.25) is 5.95 Å². The summed E-state index contributed by atoms with van der Waals surface area (Å²) in [5.41, 5.74) is 8.78. The first-order chi connectivity index (χ1) is 24.8. The minimum atomic E-state index is 0.670. The molecule has 4 heterocycles. The number of hydrogen-bond donors (Lipinski definition) is 0. The standard InChI is InChI=1S/C46H26N4/c1-2-13-28(14-3-1)43-34-25-24-27-12-4-7-17-31(27)44(34)48-46(47-43)50-37-21-10-19-33-40-30-16-6-5-15-29(30)26-35-32-18-8-9-20-36(32)49(45(35)40)38-22-11-23-39(50)42(38)41(33)37/h1-26H. The molecule has 0 saturated carbocycles. The average molecular weight is 635 g/mol. The van der Waals surface area contributed by atoms with E-state index in [0.717, 1.165) is 44.0 Å². The molecule has 0 saturated heterocycles. The van der Waals surface area contributed by atoms with Crippen LogP contribution in [-0.4, -0.2) is 18.9 Å². The van der Waals surface area contributed by atoms with Gasteiger partial charge in [-0.15, -0.1) is 0 Å². The summed E-state index contributed by atoms with van der Waals surface area (Å²) in [5.74, 6) is 0.670. The zero-order chi connectivity index (χ0) is 32.5. The van der Waals surface area contributed by atoms with E-state index in [2.05, 4.69) is 167 Å². The number of benzene rings is 8. The highest BCUT2D eigenvalue weighted by molar-refractivity contribution is 6.35. The minimum absolute atomic E-state index is 0.670. The predicted molar refractivity (Wildman–Crippen MR) is 209 cm³/mol. The van der Waals surface area contributed by atoms with Gasteiger partial charge < -0.3 is 4.40 Å². The van der Waals surface area contributed by atoms with Crippen molar-refractivity contribution in [2.24, 2.45) is 0 Å². The Morgan fingerprint density at radius 3 is 1.92 bits per heavy atom. The molecule has 0 fully saturated rings. The lowest BCUT2D eigenvalue weighted by Gasteiger charge is -2.13. The summed E-state index contributed by atoms with van der Waals surface area (Å²) in [5, 5.41) is 13.3. The highest BCUT2D eigenvalue weighted by atomic mass is 15.2. The molecule has 0 radical (unpaired) electrons. The van der Waals surface area contributed by atoms with Gasteiger partial charge in [-0.2, -0.15) is 0 Å². The molecule has 0 bridgehead atoms. The van der Waals surface area contributed by atoms with Gasteiger partial charge in [0.25, 0.3) is 0 Å². The maximum atomic E-state index is 5.45. The Kier molecular flexibility index (Phi) is 4.94. The number of aromatic nitrogens is 4. The van der Waals surface area contributed by atoms with Crippen LogP contribution < -0.4 is 0 Å². The van der Waals surface area contributed by atoms with Gasteiger partial charge in [-0.3, -0.25) is 4.57 Å². The highest BCUT2D eigenvalue weighted by Gasteiger charge is 2.24. The third-order valence-corrected chi connectivity index (χ3v) is 10.8. The summed E-state index contributed by atoms with van der Waals surface area (Å²) < 4.78 is 4.80. The summed E-state index contributed by atoms with van der Waals surface area (Å²) in [7, 11) is 0. The van der Waals surface area contributed by atoms with Crippen LogP contribution in [0.1, 0.15) is 0 Å². The fourth-order valence-electron chi connectivity index (χ4n) is 8.78. The maximum Gasteiger partial charge on any atom is 0.235 e. The van der Waals surface area contributed by atoms with Crippen molar-refractivity contribution in [3.05, 3.63) is 158 Å². The first kappa shape index (κ1) is 26.2. The van der Waals surface area contributed by atoms with Gasteiger partial charge in [0.15, 0.2) is 0 Å². The largest absolute Gasteiger partial charge is 0.308 e. The van der Waals surface area contributed by atoms with Crippen LogP contribution in [0.5, 0.6) is 0 Å². The Hall–Kier alpha value is -6.78. The highest BCUT2D eigenvalue weighted by Crippen LogP contribution is 2.46. The van der Waals surface area contributed by atoms with E-state index in [0.29, 0.717) is 5.95 Å². The molecule has 0 aliphatic carbocycles. The maximum absolute atomic E-state index is 5.45. The van der Waals surface area contributed by atoms with Crippen LogP contribution in [-0.2, 0) is 0 Å². The number of fused-ring (bicyclic) bond motifs is 10. The van der Waals surface area contributed by atoms with Crippen molar-refractivity contribution in [2.45, 2.75) is 0 Å². The van der Waals surface area contributed by atoms with Gasteiger partial charge in [-0.05, 0) is 57.9 Å². The number of hydrogen-bond acceptors (Lipinski definition) is 2. The van der Waals surface area contributed by atoms with E-state index >= 15 is 0 Å². The molecule has 4 nitrogen and oxygen atoms in total. The third-order valence-electron chi connectivity index (χ3n) is 10.8. The van der Waals surface area contributed by atoms with Crippen molar-refractivity contribution >= 4 is 92.3 Å². The second-order valence-corrected chi connectivity index (χ2v) is 13.3. The molecule has 8 aromatic carbocycles. The number of para-hydroxylation sites is 1. The SMILES string of the molecule is c1ccc(-c2nc(-n3c4cccc5c4c4c3cccc4n3c4ccccc4c4cc6ccccc6c5c43)nc3c2ccc2ccccc23)cc1. The Bertz CT molecular complexity index is 3340. The second-order valence-electron chi connectivity index (χ2n) is 13.3. The molecule has 0 unspecified atom stereocenters. The van der Waals surface area contributed by atoms with Crippen LogP contribution in [0.2, 0.25) is 0 Å². The normalized spacial score (nSPS) is 12.4. The first-order valence-electron chi connectivity index (χ1n) is 17.1. The number of rotatable bonds is 2. The molecule has 50 heavy (non-hydrogen) atoms. The molecule has 0 aliphatic heterocycles. The topological polar surface area (TPSA) is 35.1 Å². The quantitative estimate of drug-likeness (QED) is 0.177. The Morgan fingerprint density at radius 1 is 0.380 bits per heavy atom. The molecule has 230 valence electrons. The van der Waals surface area contributed by atoms with Crippen LogP contribution in [0.4, 0.5) is 0 Å². The zero-order valence-corrected chi connectivity index (χ0v) is 26.8. The summed E-state index contributed by atoms with van der Waals surface area (Å²) in [6.07, 6.45) is 0. The van der Waals surface area contributed by atoms with Crippen molar-refractivity contribution in [1.82, 2.24) is 18.9 Å². The molecule has 4 heteroatoms. The van der Waals surface area contributed by atoms with Gasteiger partial charge in [0.05, 0.1) is 38.8 Å². The van der Waals surface area contributed by atoms with E-state index in [-0.39, 0.29) is 0 Å². The van der Waals surface area contributed by atoms with E-state index in [4.69, 9.17) is 9.97 Å². The molecule has 12 rings (SSSR count). The minimum Gasteiger partial charge on any atom is -0.308 e. The summed E-state index contributed by atoms with van der Waals surface area (Å²) in [6, 6.07) is 56.9. The van der Waals surface area contributed by atoms with Gasteiger partial charge in [-0.1, -0.05) is 121 Å². The zero-order valence-electron chi connectivity index (χ0n) is 26.8. The van der Waals surface area contributed by atoms with E-state index < -0.39 is 0 Å². The van der Waals surface area contributed by atoms with E-state index in [9.17, 15) is 0 Å². The van der Waals surface area contributed by atoms with Crippen LogP contribution in [0.3, 0.4) is 0 Å². The monoisotopic (exact) mass is 634 g/mol. The van der Waals surface area contributed by atoms with Gasteiger partial charge in [0, 0.05) is 43.3 Å². The predicted octanol–water partition coefficient (Wildman–Crippen LogP) is 11.9. The van der Waals surface area contributed by atoms with E-state index in [1.807, 2.05) is 0 Å². The summed E-state index contributed by atoms with van der Waals surface area (Å²) in [6.45, 7) is 0. The molecular formula is C46H26N4. The van der Waals surface area contributed by atoms with Gasteiger partial charge in [0.1, 0.15) is 0 Å². The lowest BCUT2D eigenvalue weighted by atomic mass is 9.98. The van der Waals surface area contributed by atoms with E-state index in [1.54, 1.807) is 0 Å². The molecule has 12 aromatic rings. The summed E-state index contributed by atoms with van der Waals surface area (Å²) >= 11 is 0. The van der Waals surface area contributed by atoms with Crippen molar-refractivity contribution in [3.8, 4) is 17.2 Å². The molecule has 4 aromatic heterocycles. The van der Waals surface area contributed by atoms with Crippen LogP contribution in [0.15, 0.2) is 158 Å². The smallest absolute Gasteiger partial charge is 0.235 e. The third kappa shape index (κ3) is 3.25. The number of nitrogens with zero attached hydrogens (tertiary/aromatic N) is 4. The fourth-order valence-corrected chi connectivity index (χ4v) is 8.78. The molecule has 0 spiro atoms. The van der Waals surface area contributed by atoms with Crippen LogP contribution in [0, 0.1) is 0 Å². The van der Waals surface area contributed by atoms with Crippen molar-refractivity contribution < 1.29 is 0 Å². The second kappa shape index (κ2) is 9.43. The summed E-state index contributed by atoms with van der Waals surface area (Å²) in [4.78, 5) is 10.9. The molecule has 0 aliphatic rings. The first-order valence-corrected chi connectivity index (χ1v) is 17.1. The van der Waals surface area contributed by atoms with Crippen molar-refractivity contribution in [1.29, 1.82) is 0 Å². The lowest BCUT2D eigenvalue weighted by Crippen LogP contribution is -2.04. The lowest BCUT2D eigenvalue weighted by molar-refractivity contribution is 1.02. The Labute approximate surface area is 285 Å². The van der Waals surface area contributed by atoms with Gasteiger partial charge in [-0.25, -0.2) is 9.97 Å². The Morgan fingerprint density at radius 2 is 1.04 bits per heavy atom. The molecular weight excluding hydrogens is 609 g/mol. The van der Waals surface area contributed by atoms with Crippen molar-refractivity contribution in [3.63, 3.8) is 0 Å². The molecule has 0 N–H and O–H groups in total. The van der Waals surface area contributed by atoms with Crippen LogP contribution >= 0.6 is 0 Å². The average Bonchev–Trinajstić information content (AvgIpc) is 3.65. The molecule has 0 amide bonds. The van der Waals surface area contributed by atoms with Crippen LogP contribution in [0.25, 0.3) is 110 Å². The Balaban J connectivity index is 1.34. The fraction of sp³-hybridized carbons (Fsp3) is 0.